The summed E-state index contributed by atoms with van der Waals surface area (Å²) in [6.45, 7) is 0. The fraction of sp³-hybridized carbons (Fsp3) is 0.889. The second kappa shape index (κ2) is 3.67. The fourth-order valence-corrected chi connectivity index (χ4v) is 7.60. The van der Waals surface area contributed by atoms with Gasteiger partial charge in [-0.15, -0.1) is 0 Å². The monoisotopic (exact) mass is 258 g/mol. The summed E-state index contributed by atoms with van der Waals surface area (Å²) in [6.07, 6.45) is 16.5. The zero-order chi connectivity index (χ0) is 12.6. The summed E-state index contributed by atoms with van der Waals surface area (Å²) in [5.41, 5.74) is 0.643. The first-order chi connectivity index (χ1) is 9.31. The average Bonchev–Trinajstić information content (AvgIpc) is 3.16. The van der Waals surface area contributed by atoms with Crippen LogP contribution in [0.2, 0.25) is 0 Å². The van der Waals surface area contributed by atoms with Gasteiger partial charge in [0.25, 0.3) is 0 Å². The first-order valence-corrected chi connectivity index (χ1v) is 8.68. The Balaban J connectivity index is 1.60. The Morgan fingerprint density at radius 3 is 2.58 bits per heavy atom. The van der Waals surface area contributed by atoms with Crippen molar-refractivity contribution in [3.05, 3.63) is 12.2 Å². The van der Waals surface area contributed by atoms with Gasteiger partial charge in [0, 0.05) is 0 Å². The van der Waals surface area contributed by atoms with Gasteiger partial charge < -0.3 is 5.11 Å². The molecule has 0 aromatic rings. The van der Waals surface area contributed by atoms with E-state index < -0.39 is 0 Å². The molecule has 0 aromatic heterocycles. The quantitative estimate of drug-likeness (QED) is 0.560. The normalized spacial score (nSPS) is 59.0. The minimum absolute atomic E-state index is 0.0412. The molecule has 104 valence electrons. The molecule has 5 rings (SSSR count). The number of aliphatic hydroxyl groups is 1. The largest absolute Gasteiger partial charge is 0.393 e. The van der Waals surface area contributed by atoms with Crippen LogP contribution in [0.3, 0.4) is 0 Å². The zero-order valence-electron chi connectivity index (χ0n) is 11.8. The van der Waals surface area contributed by atoms with Gasteiger partial charge in [0.1, 0.15) is 0 Å². The highest BCUT2D eigenvalue weighted by Gasteiger charge is 2.71. The molecule has 0 radical (unpaired) electrons. The summed E-state index contributed by atoms with van der Waals surface area (Å²) >= 11 is 0. The van der Waals surface area contributed by atoms with Crippen LogP contribution in [-0.4, -0.2) is 11.2 Å². The Morgan fingerprint density at radius 1 is 0.895 bits per heavy atom. The maximum absolute atomic E-state index is 10.4. The Labute approximate surface area is 116 Å². The molecule has 4 bridgehead atoms. The molecule has 4 fully saturated rings. The molecule has 19 heavy (non-hydrogen) atoms. The number of allylic oxidation sites excluding steroid dienone is 2. The second-order valence-corrected chi connectivity index (χ2v) is 8.15. The van der Waals surface area contributed by atoms with Gasteiger partial charge in [-0.2, -0.15) is 0 Å². The molecule has 7 atom stereocenters. The van der Waals surface area contributed by atoms with Crippen molar-refractivity contribution in [1.82, 2.24) is 0 Å². The van der Waals surface area contributed by atoms with Crippen LogP contribution in [0.5, 0.6) is 0 Å². The summed E-state index contributed by atoms with van der Waals surface area (Å²) in [7, 11) is 0. The van der Waals surface area contributed by atoms with Gasteiger partial charge in [0.15, 0.2) is 0 Å². The van der Waals surface area contributed by atoms with E-state index in [1.165, 1.54) is 44.9 Å². The van der Waals surface area contributed by atoms with Crippen LogP contribution < -0.4 is 0 Å². The lowest BCUT2D eigenvalue weighted by molar-refractivity contribution is -0.0607. The Hall–Kier alpha value is -0.300. The number of hydrogen-bond donors (Lipinski definition) is 1. The van der Waals surface area contributed by atoms with E-state index in [0.717, 1.165) is 36.0 Å². The molecule has 5 aliphatic carbocycles. The van der Waals surface area contributed by atoms with Gasteiger partial charge in [-0.05, 0) is 73.0 Å². The molecule has 5 aliphatic rings. The standard InChI is InChI=1S/C18H26O/c19-16-10-14-9-15(16)17-11-6-7-13(8-11)18(14,17)12-4-2-1-3-5-12/h6-7,11-17,19H,1-5,8-10H2. The van der Waals surface area contributed by atoms with Crippen LogP contribution in [0.4, 0.5) is 0 Å². The first kappa shape index (κ1) is 11.4. The molecule has 1 heteroatoms. The summed E-state index contributed by atoms with van der Waals surface area (Å²) < 4.78 is 0. The molecule has 0 aromatic carbocycles. The van der Waals surface area contributed by atoms with E-state index in [2.05, 4.69) is 12.2 Å². The molecule has 1 N–H and O–H groups in total. The highest BCUT2D eigenvalue weighted by atomic mass is 16.3. The lowest BCUT2D eigenvalue weighted by Crippen LogP contribution is -2.49. The lowest BCUT2D eigenvalue weighted by Gasteiger charge is -2.53. The van der Waals surface area contributed by atoms with Crippen LogP contribution in [0, 0.1) is 40.9 Å². The molecule has 0 aliphatic heterocycles. The van der Waals surface area contributed by atoms with Crippen molar-refractivity contribution in [2.45, 2.75) is 57.5 Å². The number of hydrogen-bond acceptors (Lipinski definition) is 1. The Morgan fingerprint density at radius 2 is 1.74 bits per heavy atom. The van der Waals surface area contributed by atoms with E-state index in [9.17, 15) is 5.11 Å². The summed E-state index contributed by atoms with van der Waals surface area (Å²) in [5, 5.41) is 10.4. The number of aliphatic hydroxyl groups excluding tert-OH is 1. The highest BCUT2D eigenvalue weighted by molar-refractivity contribution is 5.28. The van der Waals surface area contributed by atoms with Gasteiger partial charge in [0.2, 0.25) is 0 Å². The van der Waals surface area contributed by atoms with Gasteiger partial charge in [-0.1, -0.05) is 31.4 Å². The predicted molar refractivity (Wildman–Crippen MR) is 75.5 cm³/mol. The Kier molecular flexibility index (Phi) is 2.19. The minimum Gasteiger partial charge on any atom is -0.393 e. The molecule has 0 saturated heterocycles. The maximum Gasteiger partial charge on any atom is 0.0574 e. The van der Waals surface area contributed by atoms with E-state index in [4.69, 9.17) is 0 Å². The van der Waals surface area contributed by atoms with Crippen molar-refractivity contribution in [1.29, 1.82) is 0 Å². The third-order valence-corrected chi connectivity index (χ3v) is 7.86. The van der Waals surface area contributed by atoms with Gasteiger partial charge >= 0.3 is 0 Å². The molecular weight excluding hydrogens is 232 g/mol. The van der Waals surface area contributed by atoms with Crippen LogP contribution in [-0.2, 0) is 0 Å². The second-order valence-electron chi connectivity index (χ2n) is 8.15. The fourth-order valence-electron chi connectivity index (χ4n) is 7.60. The van der Waals surface area contributed by atoms with Crippen LogP contribution >= 0.6 is 0 Å². The van der Waals surface area contributed by atoms with Crippen molar-refractivity contribution >= 4 is 0 Å². The molecule has 4 saturated carbocycles. The van der Waals surface area contributed by atoms with E-state index in [-0.39, 0.29) is 6.10 Å². The van der Waals surface area contributed by atoms with Crippen molar-refractivity contribution in [2.24, 2.45) is 40.9 Å². The molecule has 0 amide bonds. The average molecular weight is 258 g/mol. The first-order valence-electron chi connectivity index (χ1n) is 8.68. The van der Waals surface area contributed by atoms with Crippen molar-refractivity contribution in [3.63, 3.8) is 0 Å². The SMILES string of the molecule is OC1CC2CC1C1C3C=CC(C3)C21C1CCCCC1. The van der Waals surface area contributed by atoms with Crippen LogP contribution in [0.25, 0.3) is 0 Å². The maximum atomic E-state index is 10.4. The highest BCUT2D eigenvalue weighted by Crippen LogP contribution is 2.76. The predicted octanol–water partition coefficient (Wildman–Crippen LogP) is 3.78. The molecule has 7 unspecified atom stereocenters. The number of fused-ring (bicyclic) bond motifs is 9. The molecule has 0 heterocycles. The van der Waals surface area contributed by atoms with E-state index >= 15 is 0 Å². The lowest BCUT2D eigenvalue weighted by atomic mass is 9.52. The molecule has 0 spiro atoms. The smallest absolute Gasteiger partial charge is 0.0574 e. The minimum atomic E-state index is 0.0412. The third-order valence-electron chi connectivity index (χ3n) is 7.86. The molecular formula is C18H26O. The zero-order valence-corrected chi connectivity index (χ0v) is 11.8. The van der Waals surface area contributed by atoms with E-state index in [1.54, 1.807) is 0 Å². The van der Waals surface area contributed by atoms with E-state index in [0.29, 0.717) is 11.3 Å². The summed E-state index contributed by atoms with van der Waals surface area (Å²) in [6, 6.07) is 0. The van der Waals surface area contributed by atoms with Crippen LogP contribution in [0.1, 0.15) is 51.4 Å². The topological polar surface area (TPSA) is 20.2 Å². The van der Waals surface area contributed by atoms with Gasteiger partial charge in [-0.25, -0.2) is 0 Å². The molecule has 1 nitrogen and oxygen atoms in total. The Bertz CT molecular complexity index is 421. The van der Waals surface area contributed by atoms with Gasteiger partial charge in [-0.3, -0.25) is 0 Å². The summed E-state index contributed by atoms with van der Waals surface area (Å²) in [4.78, 5) is 0. The third kappa shape index (κ3) is 1.18. The number of rotatable bonds is 1. The van der Waals surface area contributed by atoms with Crippen molar-refractivity contribution in [2.75, 3.05) is 0 Å². The van der Waals surface area contributed by atoms with E-state index in [1.807, 2.05) is 0 Å². The van der Waals surface area contributed by atoms with Gasteiger partial charge in [0.05, 0.1) is 6.10 Å². The summed E-state index contributed by atoms with van der Waals surface area (Å²) in [5.74, 6) is 5.09. The van der Waals surface area contributed by atoms with Crippen molar-refractivity contribution in [3.8, 4) is 0 Å². The van der Waals surface area contributed by atoms with Crippen molar-refractivity contribution < 1.29 is 5.11 Å². The van der Waals surface area contributed by atoms with Crippen LogP contribution in [0.15, 0.2) is 12.2 Å².